The number of halogens is 1. The monoisotopic (exact) mass is 281 g/mol. The van der Waals surface area contributed by atoms with Crippen LogP contribution < -0.4 is 11.1 Å². The Morgan fingerprint density at radius 3 is 2.89 bits per heavy atom. The van der Waals surface area contributed by atoms with Gasteiger partial charge in [0.2, 0.25) is 0 Å². The number of anilines is 1. The zero-order valence-corrected chi connectivity index (χ0v) is 11.3. The summed E-state index contributed by atoms with van der Waals surface area (Å²) in [6.45, 7) is 2.38. The van der Waals surface area contributed by atoms with E-state index in [0.717, 1.165) is 17.1 Å². The van der Waals surface area contributed by atoms with E-state index in [1.165, 1.54) is 0 Å². The van der Waals surface area contributed by atoms with Gasteiger partial charge >= 0.3 is 0 Å². The maximum Gasteiger partial charge on any atom is 0.156 e. The molecule has 0 amide bonds. The average Bonchev–Trinajstić information content (AvgIpc) is 2.73. The second kappa shape index (κ2) is 5.37. The molecule has 0 aliphatic rings. The molecule has 94 valence electrons. The number of hydrogen-bond donors (Lipinski definition) is 2. The first-order valence-electron chi connectivity index (χ1n) is 5.31. The largest absolute Gasteiger partial charge is 0.389 e. The minimum atomic E-state index is 0.300. The first-order valence-corrected chi connectivity index (χ1v) is 6.10. The van der Waals surface area contributed by atoms with Crippen molar-refractivity contribution in [1.29, 1.82) is 0 Å². The summed E-state index contributed by atoms with van der Waals surface area (Å²) in [6.07, 6.45) is 0. The standard InChI is InChI=1S/C12H12ClN3OS/c1-7-4-9(17-16-7)6-15-11-3-2-8(13)5-10(11)12(14)18/h2-5,15H,6H2,1H3,(H2,14,18). The molecule has 0 radical (unpaired) electrons. The molecule has 2 rings (SSSR count). The number of benzene rings is 1. The third kappa shape index (κ3) is 3.00. The zero-order valence-electron chi connectivity index (χ0n) is 9.74. The molecule has 0 aliphatic heterocycles. The molecule has 0 spiro atoms. The first kappa shape index (κ1) is 12.9. The van der Waals surface area contributed by atoms with Gasteiger partial charge in [0, 0.05) is 22.3 Å². The van der Waals surface area contributed by atoms with Crippen LogP contribution >= 0.6 is 23.8 Å². The minimum Gasteiger partial charge on any atom is -0.389 e. The molecule has 1 heterocycles. The van der Waals surface area contributed by atoms with Crippen molar-refractivity contribution in [3.63, 3.8) is 0 Å². The van der Waals surface area contributed by atoms with Gasteiger partial charge in [0.1, 0.15) is 4.99 Å². The summed E-state index contributed by atoms with van der Waals surface area (Å²) >= 11 is 10.9. The van der Waals surface area contributed by atoms with Crippen molar-refractivity contribution in [3.05, 3.63) is 46.3 Å². The molecule has 6 heteroatoms. The van der Waals surface area contributed by atoms with Crippen molar-refractivity contribution < 1.29 is 4.52 Å². The van der Waals surface area contributed by atoms with Crippen LogP contribution in [0.2, 0.25) is 5.02 Å². The van der Waals surface area contributed by atoms with E-state index < -0.39 is 0 Å². The van der Waals surface area contributed by atoms with Gasteiger partial charge in [-0.1, -0.05) is 29.0 Å². The Balaban J connectivity index is 2.16. The summed E-state index contributed by atoms with van der Waals surface area (Å²) in [6, 6.07) is 7.21. The number of aryl methyl sites for hydroxylation is 1. The van der Waals surface area contributed by atoms with E-state index in [1.54, 1.807) is 12.1 Å². The SMILES string of the molecule is Cc1cc(CNc2ccc(Cl)cc2C(N)=S)on1. The van der Waals surface area contributed by atoms with Crippen molar-refractivity contribution in [1.82, 2.24) is 5.16 Å². The summed E-state index contributed by atoms with van der Waals surface area (Å²) in [7, 11) is 0. The normalized spacial score (nSPS) is 10.3. The predicted molar refractivity (Wildman–Crippen MR) is 75.9 cm³/mol. The highest BCUT2D eigenvalue weighted by Gasteiger charge is 2.07. The molecule has 2 aromatic rings. The van der Waals surface area contributed by atoms with E-state index >= 15 is 0 Å². The highest BCUT2D eigenvalue weighted by molar-refractivity contribution is 7.80. The molecular formula is C12H12ClN3OS. The number of thiocarbonyl (C=S) groups is 1. The lowest BCUT2D eigenvalue weighted by atomic mass is 10.1. The fourth-order valence-corrected chi connectivity index (χ4v) is 1.90. The lowest BCUT2D eigenvalue weighted by Crippen LogP contribution is -2.13. The average molecular weight is 282 g/mol. The third-order valence-corrected chi connectivity index (χ3v) is 2.83. The number of rotatable bonds is 4. The smallest absolute Gasteiger partial charge is 0.156 e. The van der Waals surface area contributed by atoms with Crippen LogP contribution in [0.3, 0.4) is 0 Å². The number of hydrogen-bond acceptors (Lipinski definition) is 4. The molecular weight excluding hydrogens is 270 g/mol. The Morgan fingerprint density at radius 1 is 1.50 bits per heavy atom. The maximum absolute atomic E-state index is 5.91. The molecule has 0 fully saturated rings. The van der Waals surface area contributed by atoms with E-state index in [0.29, 0.717) is 22.1 Å². The van der Waals surface area contributed by atoms with Crippen LogP contribution in [-0.2, 0) is 6.54 Å². The van der Waals surface area contributed by atoms with Gasteiger partial charge < -0.3 is 15.6 Å². The Hall–Kier alpha value is -1.59. The van der Waals surface area contributed by atoms with Crippen LogP contribution in [0, 0.1) is 6.92 Å². The van der Waals surface area contributed by atoms with Crippen molar-refractivity contribution in [2.75, 3.05) is 5.32 Å². The van der Waals surface area contributed by atoms with E-state index in [-0.39, 0.29) is 0 Å². The summed E-state index contributed by atoms with van der Waals surface area (Å²) in [5.41, 5.74) is 8.04. The van der Waals surface area contributed by atoms with E-state index in [9.17, 15) is 0 Å². The lowest BCUT2D eigenvalue weighted by molar-refractivity contribution is 0.384. The van der Waals surface area contributed by atoms with Crippen LogP contribution in [0.1, 0.15) is 17.0 Å². The van der Waals surface area contributed by atoms with Crippen LogP contribution in [0.25, 0.3) is 0 Å². The molecule has 1 aromatic carbocycles. The van der Waals surface area contributed by atoms with E-state index in [1.807, 2.05) is 19.1 Å². The molecule has 0 bridgehead atoms. The van der Waals surface area contributed by atoms with Crippen molar-refractivity contribution in [3.8, 4) is 0 Å². The Bertz CT molecular complexity index is 582. The van der Waals surface area contributed by atoms with Crippen molar-refractivity contribution in [2.24, 2.45) is 5.73 Å². The molecule has 0 aliphatic carbocycles. The van der Waals surface area contributed by atoms with Gasteiger partial charge in [-0.15, -0.1) is 0 Å². The molecule has 4 nitrogen and oxygen atoms in total. The van der Waals surface area contributed by atoms with E-state index in [2.05, 4.69) is 10.5 Å². The summed E-state index contributed by atoms with van der Waals surface area (Å²) in [5.74, 6) is 0.747. The second-order valence-electron chi connectivity index (χ2n) is 3.84. The van der Waals surface area contributed by atoms with Gasteiger partial charge in [-0.25, -0.2) is 0 Å². The lowest BCUT2D eigenvalue weighted by Gasteiger charge is -2.10. The zero-order chi connectivity index (χ0) is 13.1. The fourth-order valence-electron chi connectivity index (χ4n) is 1.56. The Morgan fingerprint density at radius 2 is 2.28 bits per heavy atom. The number of nitrogens with one attached hydrogen (secondary N) is 1. The number of nitrogens with two attached hydrogens (primary N) is 1. The Labute approximate surface area is 115 Å². The third-order valence-electron chi connectivity index (χ3n) is 2.38. The van der Waals surface area contributed by atoms with Gasteiger partial charge in [0.05, 0.1) is 12.2 Å². The van der Waals surface area contributed by atoms with Gasteiger partial charge in [-0.3, -0.25) is 0 Å². The van der Waals surface area contributed by atoms with E-state index in [4.69, 9.17) is 34.1 Å². The number of aromatic nitrogens is 1. The molecule has 0 unspecified atom stereocenters. The van der Waals surface area contributed by atoms with Crippen LogP contribution in [0.15, 0.2) is 28.8 Å². The molecule has 0 saturated heterocycles. The highest BCUT2D eigenvalue weighted by Crippen LogP contribution is 2.21. The molecule has 18 heavy (non-hydrogen) atoms. The van der Waals surface area contributed by atoms with Gasteiger partial charge in [0.15, 0.2) is 5.76 Å². The molecule has 3 N–H and O–H groups in total. The number of nitrogens with zero attached hydrogens (tertiary/aromatic N) is 1. The van der Waals surface area contributed by atoms with Crippen molar-refractivity contribution in [2.45, 2.75) is 13.5 Å². The Kier molecular flexibility index (Phi) is 3.84. The predicted octanol–water partition coefficient (Wildman–Crippen LogP) is 2.88. The van der Waals surface area contributed by atoms with Crippen LogP contribution in [0.5, 0.6) is 0 Å². The summed E-state index contributed by atoms with van der Waals surface area (Å²) < 4.78 is 5.11. The van der Waals surface area contributed by atoms with Gasteiger partial charge in [-0.2, -0.15) is 0 Å². The van der Waals surface area contributed by atoms with Crippen molar-refractivity contribution >= 4 is 34.5 Å². The quantitative estimate of drug-likeness (QED) is 0.844. The molecule has 0 atom stereocenters. The minimum absolute atomic E-state index is 0.300. The van der Waals surface area contributed by atoms with Gasteiger partial charge in [-0.05, 0) is 25.1 Å². The van der Waals surface area contributed by atoms with Gasteiger partial charge in [0.25, 0.3) is 0 Å². The molecule has 0 saturated carbocycles. The summed E-state index contributed by atoms with van der Waals surface area (Å²) in [5, 5.41) is 7.60. The second-order valence-corrected chi connectivity index (χ2v) is 4.72. The highest BCUT2D eigenvalue weighted by atomic mass is 35.5. The summed E-state index contributed by atoms with van der Waals surface area (Å²) in [4.78, 5) is 0.300. The fraction of sp³-hybridized carbons (Fsp3) is 0.167. The molecule has 1 aromatic heterocycles. The van der Waals surface area contributed by atoms with Crippen LogP contribution in [-0.4, -0.2) is 10.1 Å². The maximum atomic E-state index is 5.91. The van der Waals surface area contributed by atoms with Crippen LogP contribution in [0.4, 0.5) is 5.69 Å². The first-order chi connectivity index (χ1) is 8.56. The topological polar surface area (TPSA) is 64.1 Å².